The Balaban J connectivity index is 1.59. The Hall–Kier alpha value is -0.970. The molecule has 1 saturated heterocycles. The Morgan fingerprint density at radius 3 is 3.15 bits per heavy atom. The highest BCUT2D eigenvalue weighted by Gasteiger charge is 2.23. The summed E-state index contributed by atoms with van der Waals surface area (Å²) in [5, 5.41) is 3.49. The molecule has 1 aliphatic heterocycles. The van der Waals surface area contributed by atoms with E-state index in [4.69, 9.17) is 0 Å². The number of likely N-dealkylation sites (tertiary alicyclic amines) is 1. The van der Waals surface area contributed by atoms with Crippen molar-refractivity contribution in [2.24, 2.45) is 0 Å². The third kappa shape index (κ3) is 4.85. The number of nitrogens with one attached hydrogen (secondary N) is 1. The number of rotatable bonds is 8. The molecule has 0 saturated carbocycles. The van der Waals surface area contributed by atoms with E-state index in [-0.39, 0.29) is 0 Å². The van der Waals surface area contributed by atoms with Crippen LogP contribution in [0.1, 0.15) is 25.3 Å². The van der Waals surface area contributed by atoms with Gasteiger partial charge in [-0.25, -0.2) is 0 Å². The average molecular weight is 276 g/mol. The molecule has 1 unspecified atom stereocenters. The summed E-state index contributed by atoms with van der Waals surface area (Å²) in [7, 11) is 2.23. The van der Waals surface area contributed by atoms with Crippen molar-refractivity contribution in [3.63, 3.8) is 0 Å². The highest BCUT2D eigenvalue weighted by atomic mass is 15.2. The Morgan fingerprint density at radius 1 is 1.50 bits per heavy atom. The molecule has 1 atom stereocenters. The minimum absolute atomic E-state index is 0.767. The summed E-state index contributed by atoms with van der Waals surface area (Å²) in [6, 6.07) is 4.87. The smallest absolute Gasteiger partial charge is 0.0312 e. The summed E-state index contributed by atoms with van der Waals surface area (Å²) in [5.74, 6) is 0. The average Bonchev–Trinajstić information content (AvgIpc) is 2.92. The fraction of sp³-hybridized carbons (Fsp3) is 0.688. The molecule has 112 valence electrons. The number of likely N-dealkylation sites (N-methyl/N-ethyl adjacent to an activating group) is 2. The predicted octanol–water partition coefficient (Wildman–Crippen LogP) is 1.59. The molecule has 0 bridgehead atoms. The molecular weight excluding hydrogens is 248 g/mol. The van der Waals surface area contributed by atoms with Gasteiger partial charge in [0.25, 0.3) is 0 Å². The Morgan fingerprint density at radius 2 is 2.40 bits per heavy atom. The van der Waals surface area contributed by atoms with Gasteiger partial charge in [0.15, 0.2) is 0 Å². The van der Waals surface area contributed by atoms with E-state index in [1.54, 1.807) is 0 Å². The molecule has 0 spiro atoms. The summed E-state index contributed by atoms with van der Waals surface area (Å²) in [6.07, 6.45) is 6.47. The van der Waals surface area contributed by atoms with Gasteiger partial charge in [-0.15, -0.1) is 0 Å². The van der Waals surface area contributed by atoms with Crippen LogP contribution in [0, 0.1) is 0 Å². The van der Waals surface area contributed by atoms with Crippen LogP contribution in [0.5, 0.6) is 0 Å². The molecule has 1 aliphatic rings. The number of pyridine rings is 1. The number of hydrogen-bond donors (Lipinski definition) is 1. The van der Waals surface area contributed by atoms with Crippen LogP contribution in [0.3, 0.4) is 0 Å². The van der Waals surface area contributed by atoms with Crippen LogP contribution < -0.4 is 5.32 Å². The number of nitrogens with zero attached hydrogens (tertiary/aromatic N) is 3. The first kappa shape index (κ1) is 15.4. The second-order valence-corrected chi connectivity index (χ2v) is 5.72. The Kier molecular flexibility index (Phi) is 6.43. The van der Waals surface area contributed by atoms with Crippen LogP contribution in [-0.4, -0.2) is 60.6 Å². The summed E-state index contributed by atoms with van der Waals surface area (Å²) < 4.78 is 0. The number of hydrogen-bond acceptors (Lipinski definition) is 4. The van der Waals surface area contributed by atoms with Crippen molar-refractivity contribution in [1.82, 2.24) is 20.1 Å². The first-order valence-corrected chi connectivity index (χ1v) is 7.82. The minimum atomic E-state index is 0.767. The largest absolute Gasteiger partial charge is 0.311 e. The Bertz CT molecular complexity index is 368. The lowest BCUT2D eigenvalue weighted by molar-refractivity contribution is 0.199. The van der Waals surface area contributed by atoms with Crippen molar-refractivity contribution in [3.8, 4) is 0 Å². The van der Waals surface area contributed by atoms with E-state index in [9.17, 15) is 0 Å². The molecule has 2 heterocycles. The maximum absolute atomic E-state index is 4.13. The normalized spacial score (nSPS) is 19.9. The molecule has 0 aliphatic carbocycles. The van der Waals surface area contributed by atoms with Gasteiger partial charge in [-0.05, 0) is 44.6 Å². The van der Waals surface area contributed by atoms with E-state index in [0.29, 0.717) is 0 Å². The quantitative estimate of drug-likeness (QED) is 0.731. The van der Waals surface area contributed by atoms with Gasteiger partial charge in [0.05, 0.1) is 0 Å². The maximum atomic E-state index is 4.13. The van der Waals surface area contributed by atoms with Crippen LogP contribution in [0.15, 0.2) is 24.5 Å². The van der Waals surface area contributed by atoms with Crippen molar-refractivity contribution in [2.75, 3.05) is 39.8 Å². The van der Waals surface area contributed by atoms with Gasteiger partial charge in [-0.2, -0.15) is 0 Å². The lowest BCUT2D eigenvalue weighted by atomic mass is 10.2. The maximum Gasteiger partial charge on any atom is 0.0312 e. The monoisotopic (exact) mass is 276 g/mol. The van der Waals surface area contributed by atoms with E-state index in [0.717, 1.165) is 25.7 Å². The van der Waals surface area contributed by atoms with E-state index in [1.165, 1.54) is 38.0 Å². The highest BCUT2D eigenvalue weighted by molar-refractivity contribution is 5.07. The second-order valence-electron chi connectivity index (χ2n) is 5.72. The lowest BCUT2D eigenvalue weighted by Gasteiger charge is -2.27. The first-order chi connectivity index (χ1) is 9.79. The molecule has 2 rings (SSSR count). The second kappa shape index (κ2) is 8.35. The number of aromatic nitrogens is 1. The SMILES string of the molecule is CCN1CCCC1CN(C)CCNCc1cccnc1. The van der Waals surface area contributed by atoms with Gasteiger partial charge in [-0.1, -0.05) is 13.0 Å². The van der Waals surface area contributed by atoms with Crippen LogP contribution in [0.2, 0.25) is 0 Å². The molecule has 4 heteroatoms. The van der Waals surface area contributed by atoms with Crippen molar-refractivity contribution in [1.29, 1.82) is 0 Å². The van der Waals surface area contributed by atoms with Crippen molar-refractivity contribution < 1.29 is 0 Å². The fourth-order valence-electron chi connectivity index (χ4n) is 2.97. The minimum Gasteiger partial charge on any atom is -0.311 e. The summed E-state index contributed by atoms with van der Waals surface area (Å²) >= 11 is 0. The fourth-order valence-corrected chi connectivity index (χ4v) is 2.97. The van der Waals surface area contributed by atoms with Gasteiger partial charge in [-0.3, -0.25) is 9.88 Å². The van der Waals surface area contributed by atoms with Crippen molar-refractivity contribution in [3.05, 3.63) is 30.1 Å². The molecule has 1 fully saturated rings. The standard InChI is InChI=1S/C16H28N4/c1-3-20-10-5-7-16(20)14-19(2)11-9-18-13-15-6-4-8-17-12-15/h4,6,8,12,16,18H,3,5,7,9-11,13-14H2,1-2H3. The van der Waals surface area contributed by atoms with Crippen LogP contribution in [0.25, 0.3) is 0 Å². The zero-order valence-corrected chi connectivity index (χ0v) is 12.9. The van der Waals surface area contributed by atoms with Gasteiger partial charge < -0.3 is 10.2 Å². The highest BCUT2D eigenvalue weighted by Crippen LogP contribution is 2.16. The molecule has 0 amide bonds. The third-order valence-corrected chi connectivity index (χ3v) is 4.15. The van der Waals surface area contributed by atoms with Crippen LogP contribution in [0.4, 0.5) is 0 Å². The van der Waals surface area contributed by atoms with Crippen molar-refractivity contribution >= 4 is 0 Å². The van der Waals surface area contributed by atoms with Crippen LogP contribution in [-0.2, 0) is 6.54 Å². The van der Waals surface area contributed by atoms with Crippen LogP contribution >= 0.6 is 0 Å². The van der Waals surface area contributed by atoms with Gasteiger partial charge in [0, 0.05) is 44.6 Å². The van der Waals surface area contributed by atoms with E-state index < -0.39 is 0 Å². The molecule has 0 aromatic carbocycles. The van der Waals surface area contributed by atoms with E-state index >= 15 is 0 Å². The van der Waals surface area contributed by atoms with Crippen molar-refractivity contribution in [2.45, 2.75) is 32.4 Å². The molecule has 0 radical (unpaired) electrons. The molecule has 1 N–H and O–H groups in total. The predicted molar refractivity (Wildman–Crippen MR) is 83.7 cm³/mol. The van der Waals surface area contributed by atoms with Gasteiger partial charge in [0.2, 0.25) is 0 Å². The van der Waals surface area contributed by atoms with E-state index in [2.05, 4.69) is 40.1 Å². The molecular formula is C16H28N4. The zero-order valence-electron chi connectivity index (χ0n) is 12.9. The van der Waals surface area contributed by atoms with E-state index in [1.807, 2.05) is 18.5 Å². The molecule has 20 heavy (non-hydrogen) atoms. The van der Waals surface area contributed by atoms with Gasteiger partial charge >= 0.3 is 0 Å². The molecule has 1 aromatic heterocycles. The molecule has 4 nitrogen and oxygen atoms in total. The first-order valence-electron chi connectivity index (χ1n) is 7.82. The summed E-state index contributed by atoms with van der Waals surface area (Å²) in [4.78, 5) is 9.19. The third-order valence-electron chi connectivity index (χ3n) is 4.15. The Labute approximate surface area is 123 Å². The zero-order chi connectivity index (χ0) is 14.2. The lowest BCUT2D eigenvalue weighted by Crippen LogP contribution is -2.40. The summed E-state index contributed by atoms with van der Waals surface area (Å²) in [5.41, 5.74) is 1.25. The van der Waals surface area contributed by atoms with Gasteiger partial charge in [0.1, 0.15) is 0 Å². The topological polar surface area (TPSA) is 31.4 Å². The summed E-state index contributed by atoms with van der Waals surface area (Å²) in [6.45, 7) is 8.99. The molecule has 1 aromatic rings.